The summed E-state index contributed by atoms with van der Waals surface area (Å²) in [6.45, 7) is -0.863. The van der Waals surface area contributed by atoms with Gasteiger partial charge in [-0.15, -0.1) is 0 Å². The van der Waals surface area contributed by atoms with Crippen molar-refractivity contribution in [1.29, 1.82) is 0 Å². The zero-order valence-electron chi connectivity index (χ0n) is 15.6. The molecule has 0 atom stereocenters. The van der Waals surface area contributed by atoms with Crippen LogP contribution in [-0.4, -0.2) is 60.5 Å². The number of amides is 3. The number of benzene rings is 2. The van der Waals surface area contributed by atoms with Crippen LogP contribution in [0.3, 0.4) is 0 Å². The third kappa shape index (κ3) is 4.24. The first kappa shape index (κ1) is 20.4. The molecule has 3 amide bonds. The van der Waals surface area contributed by atoms with Crippen LogP contribution in [0.2, 0.25) is 0 Å². The first-order valence-corrected chi connectivity index (χ1v) is 10.6. The Hall–Kier alpha value is -3.33. The van der Waals surface area contributed by atoms with E-state index in [9.17, 15) is 27.6 Å². The maximum atomic E-state index is 12.5. The fourth-order valence-corrected chi connectivity index (χ4v) is 3.77. The van der Waals surface area contributed by atoms with Crippen LogP contribution in [0.15, 0.2) is 54.6 Å². The third-order valence-corrected chi connectivity index (χ3v) is 5.56. The molecule has 0 N–H and O–H groups in total. The summed E-state index contributed by atoms with van der Waals surface area (Å²) in [4.78, 5) is 50.5. The molecule has 0 bridgehead atoms. The van der Waals surface area contributed by atoms with Gasteiger partial charge in [-0.05, 0) is 24.3 Å². The Morgan fingerprint density at radius 3 is 1.93 bits per heavy atom. The van der Waals surface area contributed by atoms with Crippen molar-refractivity contribution in [2.24, 2.45) is 0 Å². The van der Waals surface area contributed by atoms with Crippen LogP contribution in [0.1, 0.15) is 37.5 Å². The average Bonchev–Trinajstić information content (AvgIpc) is 2.94. The highest BCUT2D eigenvalue weighted by Gasteiger charge is 2.35. The first-order valence-electron chi connectivity index (χ1n) is 8.74. The summed E-state index contributed by atoms with van der Waals surface area (Å²) in [6, 6.07) is 14.1. The van der Waals surface area contributed by atoms with Gasteiger partial charge in [-0.25, -0.2) is 12.7 Å². The number of rotatable bonds is 7. The lowest BCUT2D eigenvalue weighted by atomic mass is 10.1. The van der Waals surface area contributed by atoms with Gasteiger partial charge < -0.3 is 0 Å². The fraction of sp³-hybridized carbons (Fsp3) is 0.200. The molecule has 2 aromatic rings. The maximum Gasteiger partial charge on any atom is 0.267 e. The van der Waals surface area contributed by atoms with E-state index in [1.165, 1.54) is 24.3 Å². The smallest absolute Gasteiger partial charge is 0.267 e. The fourth-order valence-electron chi connectivity index (χ4n) is 2.98. The van der Waals surface area contributed by atoms with Crippen LogP contribution in [-0.2, 0) is 14.8 Å². The highest BCUT2D eigenvalue weighted by molar-refractivity contribution is 7.88. The summed E-state index contributed by atoms with van der Waals surface area (Å²) in [5.74, 6) is -2.41. The zero-order chi connectivity index (χ0) is 21.2. The number of nitrogens with zero attached hydrogens (tertiary/aromatic N) is 2. The second-order valence-electron chi connectivity index (χ2n) is 6.54. The van der Waals surface area contributed by atoms with Crippen LogP contribution in [0.4, 0.5) is 0 Å². The SMILES string of the molecule is CS(=O)(=O)N(CC(=O)CCN1C(=O)c2ccccc2C1=O)C(=O)c1ccccc1. The van der Waals surface area contributed by atoms with Crippen molar-refractivity contribution in [1.82, 2.24) is 9.21 Å². The van der Waals surface area contributed by atoms with Crippen LogP contribution >= 0.6 is 0 Å². The van der Waals surface area contributed by atoms with E-state index < -0.39 is 40.1 Å². The van der Waals surface area contributed by atoms with Gasteiger partial charge in [0.2, 0.25) is 10.0 Å². The van der Waals surface area contributed by atoms with Gasteiger partial charge in [-0.3, -0.25) is 24.1 Å². The quantitative estimate of drug-likeness (QED) is 0.633. The topological polar surface area (TPSA) is 109 Å². The number of fused-ring (bicyclic) bond motifs is 1. The summed E-state index contributed by atoms with van der Waals surface area (Å²) < 4.78 is 24.6. The van der Waals surface area contributed by atoms with E-state index in [0.29, 0.717) is 4.31 Å². The molecule has 0 fully saturated rings. The molecule has 0 aromatic heterocycles. The van der Waals surface area contributed by atoms with Crippen molar-refractivity contribution in [2.45, 2.75) is 6.42 Å². The Morgan fingerprint density at radius 2 is 1.41 bits per heavy atom. The lowest BCUT2D eigenvalue weighted by Crippen LogP contribution is -2.41. The van der Waals surface area contributed by atoms with Crippen LogP contribution in [0, 0.1) is 0 Å². The minimum atomic E-state index is -3.99. The third-order valence-electron chi connectivity index (χ3n) is 4.46. The van der Waals surface area contributed by atoms with E-state index >= 15 is 0 Å². The average molecular weight is 414 g/mol. The minimum Gasteiger partial charge on any atom is -0.298 e. The van der Waals surface area contributed by atoms with Crippen molar-refractivity contribution in [3.63, 3.8) is 0 Å². The van der Waals surface area contributed by atoms with E-state index in [-0.39, 0.29) is 29.7 Å². The molecule has 1 aliphatic rings. The van der Waals surface area contributed by atoms with Crippen LogP contribution in [0.25, 0.3) is 0 Å². The maximum absolute atomic E-state index is 12.5. The highest BCUT2D eigenvalue weighted by Crippen LogP contribution is 2.22. The van der Waals surface area contributed by atoms with Crippen LogP contribution < -0.4 is 0 Å². The Balaban J connectivity index is 1.68. The number of sulfonamides is 1. The van der Waals surface area contributed by atoms with Gasteiger partial charge in [0, 0.05) is 18.5 Å². The van der Waals surface area contributed by atoms with Gasteiger partial charge in [0.25, 0.3) is 17.7 Å². The molecule has 0 spiro atoms. The molecular weight excluding hydrogens is 396 g/mol. The summed E-state index contributed by atoms with van der Waals surface area (Å²) in [5.41, 5.74) is 0.662. The molecule has 1 aliphatic heterocycles. The molecule has 150 valence electrons. The normalized spacial score (nSPS) is 13.3. The highest BCUT2D eigenvalue weighted by atomic mass is 32.2. The molecule has 3 rings (SSSR count). The summed E-state index contributed by atoms with van der Waals surface area (Å²) in [6.07, 6.45) is 0.574. The van der Waals surface area contributed by atoms with Crippen molar-refractivity contribution < 1.29 is 27.6 Å². The van der Waals surface area contributed by atoms with Crippen LogP contribution in [0.5, 0.6) is 0 Å². The molecule has 0 saturated carbocycles. The van der Waals surface area contributed by atoms with Gasteiger partial charge in [-0.1, -0.05) is 30.3 Å². The Labute approximate surface area is 167 Å². The Bertz CT molecular complexity index is 1060. The van der Waals surface area contributed by atoms with E-state index in [0.717, 1.165) is 11.2 Å². The number of imide groups is 1. The standard InChI is InChI=1S/C20H18N2O6S/c1-29(27,28)22(18(24)14-7-3-2-4-8-14)13-15(23)11-12-21-19(25)16-9-5-6-10-17(16)20(21)26/h2-10H,11-13H2,1H3. The van der Waals surface area contributed by atoms with Gasteiger partial charge in [0.15, 0.2) is 5.78 Å². The predicted molar refractivity (Wildman–Crippen MR) is 104 cm³/mol. The molecule has 0 radical (unpaired) electrons. The van der Waals surface area contributed by atoms with Crippen molar-refractivity contribution in [3.05, 3.63) is 71.3 Å². The second kappa shape index (κ2) is 7.96. The monoisotopic (exact) mass is 414 g/mol. The number of hydrogen-bond acceptors (Lipinski definition) is 6. The number of Topliss-reactive ketones (excluding diaryl/α,β-unsaturated/α-hetero) is 1. The largest absolute Gasteiger partial charge is 0.298 e. The number of ketones is 1. The molecule has 0 aliphatic carbocycles. The van der Waals surface area contributed by atoms with E-state index in [4.69, 9.17) is 0 Å². The van der Waals surface area contributed by atoms with Gasteiger partial charge in [-0.2, -0.15) is 0 Å². The molecule has 9 heteroatoms. The first-order chi connectivity index (χ1) is 13.7. The molecule has 1 heterocycles. The zero-order valence-corrected chi connectivity index (χ0v) is 16.4. The van der Waals surface area contributed by atoms with E-state index in [1.54, 1.807) is 30.3 Å². The molecule has 29 heavy (non-hydrogen) atoms. The van der Waals surface area contributed by atoms with Gasteiger partial charge >= 0.3 is 0 Å². The number of hydrogen-bond donors (Lipinski definition) is 0. The van der Waals surface area contributed by atoms with Gasteiger partial charge in [0.1, 0.15) is 0 Å². The minimum absolute atomic E-state index is 0.131. The molecule has 0 unspecified atom stereocenters. The lowest BCUT2D eigenvalue weighted by molar-refractivity contribution is -0.119. The van der Waals surface area contributed by atoms with E-state index in [1.807, 2.05) is 0 Å². The predicted octanol–water partition coefficient (Wildman–Crippen LogP) is 1.34. The molecule has 2 aromatic carbocycles. The molecular formula is C20H18N2O6S. The summed E-state index contributed by atoms with van der Waals surface area (Å²) in [7, 11) is -3.99. The van der Waals surface area contributed by atoms with Crippen molar-refractivity contribution >= 4 is 33.5 Å². The Morgan fingerprint density at radius 1 is 0.897 bits per heavy atom. The van der Waals surface area contributed by atoms with Crippen molar-refractivity contribution in [2.75, 3.05) is 19.3 Å². The van der Waals surface area contributed by atoms with Crippen molar-refractivity contribution in [3.8, 4) is 0 Å². The Kier molecular flexibility index (Phi) is 5.60. The second-order valence-corrected chi connectivity index (χ2v) is 8.44. The molecule has 0 saturated heterocycles. The number of carbonyl (C=O) groups excluding carboxylic acids is 4. The van der Waals surface area contributed by atoms with E-state index in [2.05, 4.69) is 0 Å². The lowest BCUT2D eigenvalue weighted by Gasteiger charge is -2.20. The summed E-state index contributed by atoms with van der Waals surface area (Å²) >= 11 is 0. The summed E-state index contributed by atoms with van der Waals surface area (Å²) in [5, 5.41) is 0. The van der Waals surface area contributed by atoms with Gasteiger partial charge in [0.05, 0.1) is 23.9 Å². The molecule has 8 nitrogen and oxygen atoms in total. The number of carbonyl (C=O) groups is 4.